The third-order valence-corrected chi connectivity index (χ3v) is 2.73. The minimum Gasteiger partial charge on any atom is -0.0871 e. The summed E-state index contributed by atoms with van der Waals surface area (Å²) in [5.74, 6) is 0. The minimum absolute atomic E-state index is 1.25. The van der Waals surface area contributed by atoms with E-state index in [1.54, 1.807) is 0 Å². The summed E-state index contributed by atoms with van der Waals surface area (Å²) in [5.41, 5.74) is 5.17. The lowest BCUT2D eigenvalue weighted by atomic mass is 9.99. The van der Waals surface area contributed by atoms with Crippen molar-refractivity contribution >= 4 is 6.08 Å². The van der Waals surface area contributed by atoms with Crippen LogP contribution in [0.5, 0.6) is 0 Å². The maximum atomic E-state index is 2.18. The summed E-state index contributed by atoms with van der Waals surface area (Å²) >= 11 is 0. The zero-order valence-electron chi connectivity index (χ0n) is 9.77. The third-order valence-electron chi connectivity index (χ3n) is 2.73. The molecule has 0 nitrogen and oxygen atoms in total. The molecule has 0 N–H and O–H groups in total. The SMILES string of the molecule is C/C=C/c1ccc(-c2ccccc2C)cc1. The van der Waals surface area contributed by atoms with Gasteiger partial charge in [-0.2, -0.15) is 0 Å². The van der Waals surface area contributed by atoms with Crippen LogP contribution in [0.25, 0.3) is 17.2 Å². The number of hydrogen-bond donors (Lipinski definition) is 0. The quantitative estimate of drug-likeness (QED) is 0.671. The Balaban J connectivity index is 2.39. The van der Waals surface area contributed by atoms with Gasteiger partial charge in [0.15, 0.2) is 0 Å². The van der Waals surface area contributed by atoms with Crippen LogP contribution in [0.15, 0.2) is 54.6 Å². The fourth-order valence-electron chi connectivity index (χ4n) is 1.86. The molecule has 0 aliphatic carbocycles. The van der Waals surface area contributed by atoms with E-state index in [0.717, 1.165) is 0 Å². The normalized spacial score (nSPS) is 10.9. The van der Waals surface area contributed by atoms with Gasteiger partial charge in [-0.3, -0.25) is 0 Å². The highest BCUT2D eigenvalue weighted by Crippen LogP contribution is 2.23. The van der Waals surface area contributed by atoms with E-state index in [1.807, 2.05) is 6.92 Å². The van der Waals surface area contributed by atoms with E-state index in [9.17, 15) is 0 Å². The Morgan fingerprint density at radius 1 is 0.875 bits per heavy atom. The average Bonchev–Trinajstić information content (AvgIpc) is 2.31. The van der Waals surface area contributed by atoms with E-state index in [4.69, 9.17) is 0 Å². The van der Waals surface area contributed by atoms with Gasteiger partial charge in [-0.25, -0.2) is 0 Å². The molecular formula is C16H16. The van der Waals surface area contributed by atoms with Crippen LogP contribution in [0, 0.1) is 6.92 Å². The summed E-state index contributed by atoms with van der Waals surface area (Å²) in [4.78, 5) is 0. The van der Waals surface area contributed by atoms with Gasteiger partial charge < -0.3 is 0 Å². The van der Waals surface area contributed by atoms with Crippen molar-refractivity contribution in [2.45, 2.75) is 13.8 Å². The maximum Gasteiger partial charge on any atom is -0.0155 e. The predicted molar refractivity (Wildman–Crippen MR) is 71.3 cm³/mol. The smallest absolute Gasteiger partial charge is 0.0155 e. The predicted octanol–water partition coefficient (Wildman–Crippen LogP) is 4.70. The zero-order chi connectivity index (χ0) is 11.4. The monoisotopic (exact) mass is 208 g/mol. The molecule has 2 aromatic rings. The van der Waals surface area contributed by atoms with E-state index in [-0.39, 0.29) is 0 Å². The first-order valence-corrected chi connectivity index (χ1v) is 5.60. The number of aryl methyl sites for hydroxylation is 1. The van der Waals surface area contributed by atoms with Crippen LogP contribution < -0.4 is 0 Å². The average molecular weight is 208 g/mol. The molecule has 0 saturated heterocycles. The van der Waals surface area contributed by atoms with Crippen LogP contribution in [-0.4, -0.2) is 0 Å². The molecule has 0 heterocycles. The molecule has 0 bridgehead atoms. The fraction of sp³-hybridized carbons (Fsp3) is 0.125. The molecule has 0 aromatic heterocycles. The van der Waals surface area contributed by atoms with Crippen LogP contribution in [0.3, 0.4) is 0 Å². The van der Waals surface area contributed by atoms with E-state index in [1.165, 1.54) is 22.3 Å². The molecule has 2 rings (SSSR count). The van der Waals surface area contributed by atoms with Crippen molar-refractivity contribution in [3.8, 4) is 11.1 Å². The second-order valence-corrected chi connectivity index (χ2v) is 3.94. The van der Waals surface area contributed by atoms with Crippen LogP contribution >= 0.6 is 0 Å². The van der Waals surface area contributed by atoms with Gasteiger partial charge in [-0.1, -0.05) is 60.7 Å². The van der Waals surface area contributed by atoms with Gasteiger partial charge in [0.1, 0.15) is 0 Å². The molecule has 0 radical (unpaired) electrons. The molecular weight excluding hydrogens is 192 g/mol. The Kier molecular flexibility index (Phi) is 3.21. The first kappa shape index (κ1) is 10.7. The number of benzene rings is 2. The Labute approximate surface area is 97.3 Å². The van der Waals surface area contributed by atoms with Gasteiger partial charge in [-0.05, 0) is 36.1 Å². The molecule has 0 atom stereocenters. The van der Waals surface area contributed by atoms with E-state index < -0.39 is 0 Å². The minimum atomic E-state index is 1.25. The molecule has 16 heavy (non-hydrogen) atoms. The van der Waals surface area contributed by atoms with Gasteiger partial charge in [0, 0.05) is 0 Å². The molecule has 80 valence electrons. The summed E-state index contributed by atoms with van der Waals surface area (Å²) in [6, 6.07) is 17.1. The number of allylic oxidation sites excluding steroid dienone is 1. The highest BCUT2D eigenvalue weighted by Gasteiger charge is 1.99. The van der Waals surface area contributed by atoms with Crippen LogP contribution in [-0.2, 0) is 0 Å². The van der Waals surface area contributed by atoms with Crippen molar-refractivity contribution < 1.29 is 0 Å². The zero-order valence-corrected chi connectivity index (χ0v) is 9.77. The van der Waals surface area contributed by atoms with Crippen molar-refractivity contribution in [1.82, 2.24) is 0 Å². The van der Waals surface area contributed by atoms with Gasteiger partial charge in [-0.15, -0.1) is 0 Å². The summed E-state index contributed by atoms with van der Waals surface area (Å²) in [5, 5.41) is 0. The second kappa shape index (κ2) is 4.80. The van der Waals surface area contributed by atoms with Gasteiger partial charge >= 0.3 is 0 Å². The first-order valence-electron chi connectivity index (χ1n) is 5.60. The third kappa shape index (κ3) is 2.22. The lowest BCUT2D eigenvalue weighted by Crippen LogP contribution is -1.82. The molecule has 2 aromatic carbocycles. The number of rotatable bonds is 2. The van der Waals surface area contributed by atoms with Crippen LogP contribution in [0.1, 0.15) is 18.1 Å². The molecule has 0 fully saturated rings. The highest BCUT2D eigenvalue weighted by atomic mass is 14.0. The van der Waals surface area contributed by atoms with E-state index in [2.05, 4.69) is 67.6 Å². The highest BCUT2D eigenvalue weighted by molar-refractivity contribution is 5.68. The summed E-state index contributed by atoms with van der Waals surface area (Å²) in [6.45, 7) is 4.18. The molecule has 0 amide bonds. The summed E-state index contributed by atoms with van der Waals surface area (Å²) < 4.78 is 0. The largest absolute Gasteiger partial charge is 0.0871 e. The van der Waals surface area contributed by atoms with Crippen LogP contribution in [0.4, 0.5) is 0 Å². The molecule has 0 saturated carbocycles. The van der Waals surface area contributed by atoms with E-state index in [0.29, 0.717) is 0 Å². The number of hydrogen-bond acceptors (Lipinski definition) is 0. The van der Waals surface area contributed by atoms with Crippen molar-refractivity contribution in [3.05, 3.63) is 65.7 Å². The summed E-state index contributed by atoms with van der Waals surface area (Å²) in [6.07, 6.45) is 4.17. The topological polar surface area (TPSA) is 0 Å². The van der Waals surface area contributed by atoms with Gasteiger partial charge in [0.05, 0.1) is 0 Å². The molecule has 0 spiro atoms. The maximum absolute atomic E-state index is 2.18. The molecule has 0 heteroatoms. The summed E-state index contributed by atoms with van der Waals surface area (Å²) in [7, 11) is 0. The Hall–Kier alpha value is -1.82. The molecule has 0 aliphatic heterocycles. The molecule has 0 aliphatic rings. The van der Waals surface area contributed by atoms with Crippen molar-refractivity contribution in [2.24, 2.45) is 0 Å². The van der Waals surface area contributed by atoms with Gasteiger partial charge in [0.25, 0.3) is 0 Å². The second-order valence-electron chi connectivity index (χ2n) is 3.94. The Bertz CT molecular complexity index is 490. The lowest BCUT2D eigenvalue weighted by Gasteiger charge is -2.05. The van der Waals surface area contributed by atoms with Crippen LogP contribution in [0.2, 0.25) is 0 Å². The lowest BCUT2D eigenvalue weighted by molar-refractivity contribution is 1.46. The van der Waals surface area contributed by atoms with Crippen molar-refractivity contribution in [2.75, 3.05) is 0 Å². The first-order chi connectivity index (χ1) is 7.81. The fourth-order valence-corrected chi connectivity index (χ4v) is 1.86. The van der Waals surface area contributed by atoms with E-state index >= 15 is 0 Å². The van der Waals surface area contributed by atoms with Gasteiger partial charge in [0.2, 0.25) is 0 Å². The Morgan fingerprint density at radius 2 is 1.56 bits per heavy atom. The van der Waals surface area contributed by atoms with Crippen molar-refractivity contribution in [3.63, 3.8) is 0 Å². The Morgan fingerprint density at radius 3 is 2.19 bits per heavy atom. The van der Waals surface area contributed by atoms with Crippen molar-refractivity contribution in [1.29, 1.82) is 0 Å². The molecule has 0 unspecified atom stereocenters. The standard InChI is InChI=1S/C16H16/c1-3-6-14-9-11-15(12-10-14)16-8-5-4-7-13(16)2/h3-12H,1-2H3/b6-3+.